The SMILES string of the molecule is Cc1cc(C2C(c3ccccc3)C2c2ccccc2)cc(C)c1OCC(=O)OC1(C)C2CC3CC(C2)CC1C3. The molecule has 3 aromatic carbocycles. The van der Waals surface area contributed by atoms with E-state index in [0.717, 1.165) is 28.7 Å². The van der Waals surface area contributed by atoms with Crippen molar-refractivity contribution in [2.75, 3.05) is 6.61 Å². The molecule has 0 radical (unpaired) electrons. The predicted octanol–water partition coefficient (Wildman–Crippen LogP) is 8.11. The Bertz CT molecular complexity index is 1260. The van der Waals surface area contributed by atoms with Crippen LogP contribution in [0.3, 0.4) is 0 Å². The van der Waals surface area contributed by atoms with Crippen LogP contribution in [-0.2, 0) is 9.53 Å². The first-order chi connectivity index (χ1) is 18.9. The van der Waals surface area contributed by atoms with Gasteiger partial charge in [-0.1, -0.05) is 72.8 Å². The first-order valence-corrected chi connectivity index (χ1v) is 15.0. The zero-order valence-electron chi connectivity index (χ0n) is 23.4. The molecule has 5 saturated carbocycles. The van der Waals surface area contributed by atoms with Crippen LogP contribution in [0, 0.1) is 37.5 Å². The molecule has 2 atom stereocenters. The maximum atomic E-state index is 13.1. The summed E-state index contributed by atoms with van der Waals surface area (Å²) >= 11 is 0. The van der Waals surface area contributed by atoms with E-state index in [1.165, 1.54) is 48.8 Å². The van der Waals surface area contributed by atoms with Gasteiger partial charge in [-0.15, -0.1) is 0 Å². The lowest BCUT2D eigenvalue weighted by Gasteiger charge is -2.59. The van der Waals surface area contributed by atoms with Gasteiger partial charge in [0.05, 0.1) is 0 Å². The fourth-order valence-electron chi connectivity index (χ4n) is 9.00. The van der Waals surface area contributed by atoms with E-state index in [2.05, 4.69) is 93.6 Å². The molecule has 3 nitrogen and oxygen atoms in total. The zero-order valence-corrected chi connectivity index (χ0v) is 23.4. The molecule has 3 heteroatoms. The standard InChI is InChI=1S/C36H40O3/c1-22-14-28(34-32(26-10-6-4-7-11-26)33(34)27-12-8-5-9-13-27)15-23(2)35(22)38-21-31(37)39-36(3)29-17-24-16-25(19-29)20-30(36)18-24/h4-15,24-25,29-30,32-34H,16-21H2,1-3H3. The number of esters is 1. The molecule has 202 valence electrons. The lowest BCUT2D eigenvalue weighted by Crippen LogP contribution is -2.58. The summed E-state index contributed by atoms with van der Waals surface area (Å²) in [6.07, 6.45) is 6.31. The highest BCUT2D eigenvalue weighted by molar-refractivity contribution is 5.72. The van der Waals surface area contributed by atoms with Gasteiger partial charge in [-0.25, -0.2) is 4.79 Å². The van der Waals surface area contributed by atoms with Gasteiger partial charge >= 0.3 is 5.97 Å². The van der Waals surface area contributed by atoms with Gasteiger partial charge in [-0.2, -0.15) is 0 Å². The minimum Gasteiger partial charge on any atom is -0.481 e. The van der Waals surface area contributed by atoms with Gasteiger partial charge in [-0.3, -0.25) is 0 Å². The van der Waals surface area contributed by atoms with Crippen LogP contribution in [0.25, 0.3) is 0 Å². The second-order valence-corrected chi connectivity index (χ2v) is 13.1. The van der Waals surface area contributed by atoms with Gasteiger partial charge in [-0.05, 0) is 122 Å². The number of aryl methyl sites for hydroxylation is 2. The minimum absolute atomic E-state index is 0.0222. The molecule has 39 heavy (non-hydrogen) atoms. The number of carbonyl (C=O) groups is 1. The van der Waals surface area contributed by atoms with Crippen molar-refractivity contribution < 1.29 is 14.3 Å². The molecule has 0 N–H and O–H groups in total. The van der Waals surface area contributed by atoms with Crippen LogP contribution in [0.5, 0.6) is 5.75 Å². The van der Waals surface area contributed by atoms with E-state index in [0.29, 0.717) is 29.6 Å². The van der Waals surface area contributed by atoms with E-state index in [4.69, 9.17) is 9.47 Å². The van der Waals surface area contributed by atoms with Crippen molar-refractivity contribution >= 4 is 5.97 Å². The van der Waals surface area contributed by atoms with E-state index in [1.54, 1.807) is 0 Å². The number of hydrogen-bond donors (Lipinski definition) is 0. The summed E-state index contributed by atoms with van der Waals surface area (Å²) in [6.45, 7) is 6.39. The molecule has 0 aromatic heterocycles. The van der Waals surface area contributed by atoms with Crippen molar-refractivity contribution in [2.45, 2.75) is 76.2 Å². The van der Waals surface area contributed by atoms with Gasteiger partial charge in [0.25, 0.3) is 0 Å². The quantitative estimate of drug-likeness (QED) is 0.295. The molecule has 0 heterocycles. The minimum atomic E-state index is -0.313. The first kappa shape index (κ1) is 24.9. The van der Waals surface area contributed by atoms with Crippen molar-refractivity contribution in [3.63, 3.8) is 0 Å². The van der Waals surface area contributed by atoms with Crippen LogP contribution in [0.2, 0.25) is 0 Å². The lowest BCUT2D eigenvalue weighted by molar-refractivity contribution is -0.204. The Labute approximate surface area is 232 Å². The Kier molecular flexibility index (Phi) is 6.10. The Hall–Kier alpha value is -3.07. The average molecular weight is 521 g/mol. The summed E-state index contributed by atoms with van der Waals surface area (Å²) in [5, 5.41) is 0. The summed E-state index contributed by atoms with van der Waals surface area (Å²) in [4.78, 5) is 13.1. The molecule has 5 aliphatic carbocycles. The smallest absolute Gasteiger partial charge is 0.344 e. The lowest BCUT2D eigenvalue weighted by atomic mass is 9.50. The van der Waals surface area contributed by atoms with Crippen molar-refractivity contribution in [1.82, 2.24) is 0 Å². The maximum absolute atomic E-state index is 13.1. The maximum Gasteiger partial charge on any atom is 0.344 e. The molecule has 5 fully saturated rings. The highest BCUT2D eigenvalue weighted by Gasteiger charge is 2.57. The molecule has 2 unspecified atom stereocenters. The normalized spacial score (nSPS) is 34.1. The third kappa shape index (κ3) is 4.39. The van der Waals surface area contributed by atoms with E-state index in [1.807, 2.05) is 0 Å². The number of benzene rings is 3. The molecule has 0 saturated heterocycles. The molecule has 5 aliphatic rings. The third-order valence-corrected chi connectivity index (χ3v) is 10.7. The van der Waals surface area contributed by atoms with Crippen LogP contribution in [0.4, 0.5) is 0 Å². The Morgan fingerprint density at radius 2 is 1.18 bits per heavy atom. The van der Waals surface area contributed by atoms with Gasteiger partial charge in [0, 0.05) is 0 Å². The summed E-state index contributed by atoms with van der Waals surface area (Å²) in [5.74, 6) is 4.73. The van der Waals surface area contributed by atoms with Crippen LogP contribution in [0.15, 0.2) is 72.8 Å². The van der Waals surface area contributed by atoms with Crippen LogP contribution in [-0.4, -0.2) is 18.2 Å². The van der Waals surface area contributed by atoms with Crippen molar-refractivity contribution in [3.8, 4) is 5.75 Å². The summed E-state index contributed by atoms with van der Waals surface area (Å²) in [7, 11) is 0. The second kappa shape index (κ2) is 9.54. The zero-order chi connectivity index (χ0) is 26.7. The first-order valence-electron chi connectivity index (χ1n) is 15.0. The van der Waals surface area contributed by atoms with E-state index >= 15 is 0 Å². The average Bonchev–Trinajstić information content (AvgIpc) is 3.68. The third-order valence-electron chi connectivity index (χ3n) is 10.7. The molecule has 8 rings (SSSR count). The molecule has 0 aliphatic heterocycles. The fraction of sp³-hybridized carbons (Fsp3) is 0.472. The molecular formula is C36H40O3. The second-order valence-electron chi connectivity index (χ2n) is 13.1. The van der Waals surface area contributed by atoms with Crippen molar-refractivity contribution in [1.29, 1.82) is 0 Å². The Balaban J connectivity index is 1.06. The fourth-order valence-corrected chi connectivity index (χ4v) is 9.00. The van der Waals surface area contributed by atoms with Crippen LogP contribution >= 0.6 is 0 Å². The Morgan fingerprint density at radius 1 is 0.718 bits per heavy atom. The monoisotopic (exact) mass is 520 g/mol. The van der Waals surface area contributed by atoms with Crippen LogP contribution < -0.4 is 4.74 Å². The van der Waals surface area contributed by atoms with E-state index in [-0.39, 0.29) is 18.2 Å². The molecule has 3 aromatic rings. The number of ether oxygens (including phenoxy) is 2. The molecular weight excluding hydrogens is 480 g/mol. The highest BCUT2D eigenvalue weighted by atomic mass is 16.6. The van der Waals surface area contributed by atoms with Gasteiger partial charge in [0.1, 0.15) is 11.4 Å². The van der Waals surface area contributed by atoms with E-state index < -0.39 is 0 Å². The predicted molar refractivity (Wildman–Crippen MR) is 154 cm³/mol. The molecule has 0 spiro atoms. The number of carbonyl (C=O) groups excluding carboxylic acids is 1. The van der Waals surface area contributed by atoms with E-state index in [9.17, 15) is 4.79 Å². The summed E-state index contributed by atoms with van der Waals surface area (Å²) in [6, 6.07) is 26.3. The largest absolute Gasteiger partial charge is 0.481 e. The van der Waals surface area contributed by atoms with Gasteiger partial charge in [0.15, 0.2) is 6.61 Å². The number of hydrogen-bond acceptors (Lipinski definition) is 3. The Morgan fingerprint density at radius 3 is 1.67 bits per heavy atom. The van der Waals surface area contributed by atoms with Crippen LogP contribution in [0.1, 0.15) is 84.6 Å². The number of rotatable bonds is 7. The topological polar surface area (TPSA) is 35.5 Å². The van der Waals surface area contributed by atoms with Crippen molar-refractivity contribution in [2.24, 2.45) is 23.7 Å². The summed E-state index contributed by atoms with van der Waals surface area (Å²) < 4.78 is 12.4. The molecule has 4 bridgehead atoms. The molecule has 0 amide bonds. The van der Waals surface area contributed by atoms with Gasteiger partial charge < -0.3 is 9.47 Å². The van der Waals surface area contributed by atoms with Crippen molar-refractivity contribution in [3.05, 3.63) is 101 Å². The van der Waals surface area contributed by atoms with Gasteiger partial charge in [0.2, 0.25) is 0 Å². The highest BCUT2D eigenvalue weighted by Crippen LogP contribution is 2.66. The summed E-state index contributed by atoms with van der Waals surface area (Å²) in [5.41, 5.74) is 6.00.